The van der Waals surface area contributed by atoms with Gasteiger partial charge in [-0.25, -0.2) is 0 Å². The van der Waals surface area contributed by atoms with E-state index in [4.69, 9.17) is 4.74 Å². The maximum absolute atomic E-state index is 11.8. The van der Waals surface area contributed by atoms with Crippen molar-refractivity contribution in [1.82, 2.24) is 4.90 Å². The summed E-state index contributed by atoms with van der Waals surface area (Å²) in [6.45, 7) is 1.00. The van der Waals surface area contributed by atoms with Gasteiger partial charge in [-0.3, -0.25) is 0 Å². The van der Waals surface area contributed by atoms with Crippen LogP contribution in [0.5, 0.6) is 0 Å². The van der Waals surface area contributed by atoms with Gasteiger partial charge in [0.15, 0.2) is 0 Å². The highest BCUT2D eigenvalue weighted by molar-refractivity contribution is 5.55. The minimum Gasteiger partial charge on any atom is -0.487 e. The van der Waals surface area contributed by atoms with Crippen molar-refractivity contribution in [2.24, 2.45) is 11.3 Å². The first-order valence-electron chi connectivity index (χ1n) is 10.5. The fourth-order valence-electron chi connectivity index (χ4n) is 6.64. The number of hydrogen-bond donors (Lipinski definition) is 2. The van der Waals surface area contributed by atoms with Gasteiger partial charge in [-0.1, -0.05) is 48.6 Å². The van der Waals surface area contributed by atoms with Gasteiger partial charge < -0.3 is 19.8 Å². The Balaban J connectivity index is 1.51. The Labute approximate surface area is 165 Å². The predicted octanol–water partition coefficient (Wildman–Crippen LogP) is 2.58. The van der Waals surface area contributed by atoms with Crippen LogP contribution >= 0.6 is 0 Å². The zero-order valence-corrected chi connectivity index (χ0v) is 16.2. The molecule has 2 aliphatic heterocycles. The van der Waals surface area contributed by atoms with Crippen LogP contribution in [0.25, 0.3) is 0 Å². The molecular formula is C24H27NO3. The van der Waals surface area contributed by atoms with E-state index in [1.807, 2.05) is 24.3 Å². The van der Waals surface area contributed by atoms with Gasteiger partial charge >= 0.3 is 0 Å². The Kier molecular flexibility index (Phi) is 3.40. The van der Waals surface area contributed by atoms with Gasteiger partial charge in [-0.2, -0.15) is 0 Å². The van der Waals surface area contributed by atoms with Crippen molar-refractivity contribution in [2.45, 2.75) is 49.5 Å². The van der Waals surface area contributed by atoms with Crippen LogP contribution in [0.3, 0.4) is 0 Å². The Bertz CT molecular complexity index is 919. The summed E-state index contributed by atoms with van der Waals surface area (Å²) in [5, 5.41) is 22.6. The zero-order valence-electron chi connectivity index (χ0n) is 16.2. The van der Waals surface area contributed by atoms with Crippen molar-refractivity contribution in [1.29, 1.82) is 0 Å². The van der Waals surface area contributed by atoms with Crippen LogP contribution in [-0.2, 0) is 11.2 Å². The molecule has 4 heteroatoms. The molecule has 0 aromatic heterocycles. The van der Waals surface area contributed by atoms with Crippen LogP contribution in [-0.4, -0.2) is 52.6 Å². The number of nitrogens with zero attached hydrogens (tertiary/aromatic N) is 1. The third-order valence-corrected chi connectivity index (χ3v) is 7.92. The molecule has 4 nitrogen and oxygen atoms in total. The molecule has 1 aromatic carbocycles. The maximum atomic E-state index is 11.8. The maximum Gasteiger partial charge on any atom is 0.138 e. The molecule has 2 heterocycles. The number of aliphatic hydroxyl groups excluding tert-OH is 1. The van der Waals surface area contributed by atoms with Crippen LogP contribution in [0.1, 0.15) is 24.8 Å². The summed E-state index contributed by atoms with van der Waals surface area (Å²) in [5.74, 6) is 1.08. The lowest BCUT2D eigenvalue weighted by Gasteiger charge is -2.58. The van der Waals surface area contributed by atoms with Gasteiger partial charge in [0.1, 0.15) is 23.6 Å². The second kappa shape index (κ2) is 5.59. The molecule has 146 valence electrons. The van der Waals surface area contributed by atoms with Crippen molar-refractivity contribution < 1.29 is 14.9 Å². The van der Waals surface area contributed by atoms with Crippen molar-refractivity contribution in [3.8, 4) is 0 Å². The zero-order chi connectivity index (χ0) is 19.1. The van der Waals surface area contributed by atoms with E-state index in [0.717, 1.165) is 30.7 Å². The summed E-state index contributed by atoms with van der Waals surface area (Å²) in [6.07, 6.45) is 8.57. The lowest BCUT2D eigenvalue weighted by atomic mass is 9.51. The second-order valence-electron chi connectivity index (χ2n) is 9.31. The third kappa shape index (κ3) is 2.01. The molecule has 1 aromatic rings. The molecule has 6 rings (SSSR count). The van der Waals surface area contributed by atoms with Gasteiger partial charge in [0.2, 0.25) is 0 Å². The Hall–Kier alpha value is -1.88. The van der Waals surface area contributed by atoms with E-state index in [-0.39, 0.29) is 11.5 Å². The van der Waals surface area contributed by atoms with Crippen molar-refractivity contribution >= 4 is 0 Å². The van der Waals surface area contributed by atoms with Crippen LogP contribution in [0.15, 0.2) is 65.5 Å². The molecule has 1 saturated carbocycles. The summed E-state index contributed by atoms with van der Waals surface area (Å²) in [5.41, 5.74) is 2.44. The number of rotatable bonds is 2. The molecule has 0 amide bonds. The summed E-state index contributed by atoms with van der Waals surface area (Å²) >= 11 is 0. The molecule has 3 aliphatic carbocycles. The van der Waals surface area contributed by atoms with Gasteiger partial charge in [-0.05, 0) is 37.6 Å². The standard InChI is InChI=1S/C24H27NO3/c1-25-12-11-24-17-7-8-19(26)21(24)28-22-20(24)16(13-18(17)25)9-10-23(22,27)14-15-5-3-2-4-6-15/h2-9,17-19,21,26-27H,10-14H2,1H3/t17-,18+,19-,21-,23?,24-/m0/s1. The van der Waals surface area contributed by atoms with E-state index in [9.17, 15) is 10.2 Å². The quantitative estimate of drug-likeness (QED) is 0.778. The van der Waals surface area contributed by atoms with Gasteiger partial charge in [0.05, 0.1) is 0 Å². The van der Waals surface area contributed by atoms with Crippen LogP contribution < -0.4 is 0 Å². The van der Waals surface area contributed by atoms with E-state index in [1.54, 1.807) is 0 Å². The number of benzene rings is 1. The fraction of sp³-hybridized carbons (Fsp3) is 0.500. The molecule has 2 N–H and O–H groups in total. The highest BCUT2D eigenvalue weighted by Gasteiger charge is 2.67. The molecular weight excluding hydrogens is 350 g/mol. The van der Waals surface area contributed by atoms with Gasteiger partial charge in [0, 0.05) is 35.8 Å². The molecule has 2 fully saturated rings. The van der Waals surface area contributed by atoms with Crippen LogP contribution in [0, 0.1) is 11.3 Å². The molecule has 6 atom stereocenters. The van der Waals surface area contributed by atoms with E-state index in [0.29, 0.717) is 24.8 Å². The first-order chi connectivity index (χ1) is 13.5. The van der Waals surface area contributed by atoms with Crippen molar-refractivity contribution in [3.63, 3.8) is 0 Å². The van der Waals surface area contributed by atoms with Gasteiger partial charge in [0.25, 0.3) is 0 Å². The molecule has 2 bridgehead atoms. The fourth-order valence-corrected chi connectivity index (χ4v) is 6.64. The Morgan fingerprint density at radius 1 is 1.21 bits per heavy atom. The average Bonchev–Trinajstić information content (AvgIpc) is 3.05. The van der Waals surface area contributed by atoms with E-state index >= 15 is 0 Å². The SMILES string of the molecule is CN1CC[C@]23C4=C5O[C@H]2[C@@H](O)C=C[C@H]3[C@H]1CC4=CCC5(O)Cc1ccccc1. The first kappa shape index (κ1) is 17.0. The predicted molar refractivity (Wildman–Crippen MR) is 106 cm³/mol. The molecule has 1 unspecified atom stereocenters. The van der Waals surface area contributed by atoms with E-state index < -0.39 is 11.7 Å². The van der Waals surface area contributed by atoms with Crippen molar-refractivity contribution in [2.75, 3.05) is 13.6 Å². The highest BCUT2D eigenvalue weighted by Crippen LogP contribution is 2.66. The van der Waals surface area contributed by atoms with E-state index in [2.05, 4.69) is 36.2 Å². The number of ether oxygens (including phenoxy) is 1. The summed E-state index contributed by atoms with van der Waals surface area (Å²) in [6, 6.07) is 10.6. The molecule has 0 radical (unpaired) electrons. The Morgan fingerprint density at radius 2 is 2.04 bits per heavy atom. The third-order valence-electron chi connectivity index (χ3n) is 7.92. The smallest absolute Gasteiger partial charge is 0.138 e. The molecule has 1 spiro atoms. The highest BCUT2D eigenvalue weighted by atomic mass is 16.5. The topological polar surface area (TPSA) is 52.9 Å². The normalized spacial score (nSPS) is 43.5. The molecule has 1 saturated heterocycles. The molecule has 5 aliphatic rings. The van der Waals surface area contributed by atoms with Crippen LogP contribution in [0.2, 0.25) is 0 Å². The summed E-state index contributed by atoms with van der Waals surface area (Å²) < 4.78 is 6.53. The largest absolute Gasteiger partial charge is 0.487 e. The number of likely N-dealkylation sites (tertiary alicyclic amines) is 1. The minimum absolute atomic E-state index is 0.199. The number of aliphatic hydroxyl groups is 2. The first-order valence-corrected chi connectivity index (χ1v) is 10.5. The summed E-state index contributed by atoms with van der Waals surface area (Å²) in [7, 11) is 2.21. The number of hydrogen-bond acceptors (Lipinski definition) is 4. The summed E-state index contributed by atoms with van der Waals surface area (Å²) in [4.78, 5) is 2.47. The van der Waals surface area contributed by atoms with Gasteiger partial charge in [-0.15, -0.1) is 0 Å². The lowest BCUT2D eigenvalue weighted by Crippen LogP contribution is -2.62. The molecule has 28 heavy (non-hydrogen) atoms. The lowest BCUT2D eigenvalue weighted by molar-refractivity contribution is -0.102. The number of piperidine rings is 1. The van der Waals surface area contributed by atoms with Crippen LogP contribution in [0.4, 0.5) is 0 Å². The average molecular weight is 377 g/mol. The van der Waals surface area contributed by atoms with E-state index in [1.165, 1.54) is 11.1 Å². The van der Waals surface area contributed by atoms with Crippen molar-refractivity contribution in [3.05, 3.63) is 71.0 Å². The monoisotopic (exact) mass is 377 g/mol. The minimum atomic E-state index is -1.03. The Morgan fingerprint density at radius 3 is 2.86 bits per heavy atom. The second-order valence-corrected chi connectivity index (χ2v) is 9.31.